The first-order valence-electron chi connectivity index (χ1n) is 11.9. The van der Waals surface area contributed by atoms with E-state index < -0.39 is 16.4 Å². The van der Waals surface area contributed by atoms with E-state index in [2.05, 4.69) is 44.0 Å². The Hall–Kier alpha value is -3.19. The zero-order chi connectivity index (χ0) is 32.7. The van der Waals surface area contributed by atoms with Gasteiger partial charge >= 0.3 is 64.2 Å². The van der Waals surface area contributed by atoms with Crippen LogP contribution in [-0.4, -0.2) is 13.7 Å². The zero-order valence-electron chi connectivity index (χ0n) is 23.0. The average molecular weight is 704 g/mol. The molecule has 3 aromatic carbocycles. The summed E-state index contributed by atoms with van der Waals surface area (Å²) in [6.07, 6.45) is 11.7. The third-order valence-corrected chi connectivity index (χ3v) is 5.41. The van der Waals surface area contributed by atoms with Crippen molar-refractivity contribution in [3.05, 3.63) is 135 Å². The van der Waals surface area contributed by atoms with Crippen LogP contribution in [0.4, 0.5) is 25.2 Å². The summed E-state index contributed by atoms with van der Waals surface area (Å²) in [5.41, 5.74) is 0. The molecule has 0 N–H and O–H groups in total. The fraction of sp³-hybridized carbons (Fsp3) is 0.138. The summed E-state index contributed by atoms with van der Waals surface area (Å²) in [4.78, 5) is 0. The molecule has 3 aromatic rings. The van der Waals surface area contributed by atoms with Gasteiger partial charge in [-0.15, -0.1) is 0 Å². The predicted octanol–water partition coefficient (Wildman–Crippen LogP) is 10.7. The van der Waals surface area contributed by atoms with Gasteiger partial charge in [0, 0.05) is 61.3 Å². The molecule has 0 radical (unpaired) electrons. The zero-order valence-corrected chi connectivity index (χ0v) is 25.9. The first-order valence-corrected chi connectivity index (χ1v) is 15.0. The number of hydrogen-bond donors (Lipinski definition) is 0. The Morgan fingerprint density at radius 3 is 1.36 bits per heavy atom. The maximum Gasteiger partial charge on any atom is 0.530 e. The van der Waals surface area contributed by atoms with Gasteiger partial charge in [0.25, 0.3) is 0 Å². The molecule has 1 aliphatic carbocycles. The molecule has 4 rings (SSSR count). The van der Waals surface area contributed by atoms with E-state index in [1.807, 2.05) is 91.0 Å². The van der Waals surface area contributed by atoms with Crippen LogP contribution in [0.5, 0.6) is 17.2 Å². The molecule has 0 aliphatic heterocycles. The van der Waals surface area contributed by atoms with Crippen molar-refractivity contribution in [3.8, 4) is 17.2 Å². The predicted molar refractivity (Wildman–Crippen MR) is 152 cm³/mol. The Kier molecular flexibility index (Phi) is 21.0. The Morgan fingerprint density at radius 1 is 0.705 bits per heavy atom. The summed E-state index contributed by atoms with van der Waals surface area (Å²) >= 11 is 0. The van der Waals surface area contributed by atoms with Crippen LogP contribution < -0.4 is 13.6 Å². The molecule has 240 valence electrons. The molecular weight excluding hydrogens is 676 g/mol. The van der Waals surface area contributed by atoms with Crippen molar-refractivity contribution in [2.45, 2.75) is 6.42 Å². The molecule has 0 saturated carbocycles. The van der Waals surface area contributed by atoms with Crippen LogP contribution in [0.15, 0.2) is 115 Å². The fourth-order valence-corrected chi connectivity index (χ4v) is 3.79. The van der Waals surface area contributed by atoms with Crippen molar-refractivity contribution < 1.29 is 69.9 Å². The molecule has 1 unspecified atom stereocenters. The van der Waals surface area contributed by atoms with E-state index in [-0.39, 0.29) is 17.1 Å². The van der Waals surface area contributed by atoms with Gasteiger partial charge in [-0.3, -0.25) is 0 Å². The fourth-order valence-electron chi connectivity index (χ4n) is 2.79. The van der Waals surface area contributed by atoms with E-state index in [9.17, 15) is 25.2 Å². The van der Waals surface area contributed by atoms with Gasteiger partial charge in [-0.2, -0.15) is 0 Å². The van der Waals surface area contributed by atoms with Gasteiger partial charge in [0.05, 0.1) is 12.5 Å². The normalized spacial score (nSPS) is 14.3. The third kappa shape index (κ3) is 27.6. The largest absolute Gasteiger partial charge is 0.530 e. The summed E-state index contributed by atoms with van der Waals surface area (Å²) in [5, 5.41) is 0. The van der Waals surface area contributed by atoms with E-state index in [1.54, 1.807) is 7.11 Å². The van der Waals surface area contributed by atoms with Gasteiger partial charge < -0.3 is 18.3 Å². The van der Waals surface area contributed by atoms with Gasteiger partial charge in [0.15, 0.2) is 0 Å². The molecule has 1 aliphatic rings. The smallest absolute Gasteiger partial charge is 0.409 e. The van der Waals surface area contributed by atoms with Crippen molar-refractivity contribution in [2.24, 2.45) is 5.92 Å². The Labute approximate surface area is 264 Å². The third-order valence-electron chi connectivity index (χ3n) is 4.33. The van der Waals surface area contributed by atoms with Crippen LogP contribution in [0.3, 0.4) is 0 Å². The van der Waals surface area contributed by atoms with Crippen molar-refractivity contribution in [3.63, 3.8) is 0 Å². The molecule has 0 heterocycles. The van der Waals surface area contributed by atoms with E-state index in [0.29, 0.717) is 23.2 Å². The first kappa shape index (κ1) is 42.9. The van der Waals surface area contributed by atoms with Crippen LogP contribution in [-0.2, 0) is 31.1 Å². The standard InChI is InChI=1S/C18H15O3P.C9H13O.2CO.F6P.Fe/c1-4-10-16(11-5-1)19-22(20-17-12-6-2-7-13-17)21-18-14-8-3-9-15-18;1-10-8-9-6-4-2-3-5-7-9;2*1-2;1-7(2,3,4,5)6;/h1-15H;2-6,9H,7-8H2,1H3;;;;/q;+1;;;-1;. The monoisotopic (exact) mass is 704 g/mol. The molecule has 6 nitrogen and oxygen atoms in total. The van der Waals surface area contributed by atoms with Crippen LogP contribution in [0.25, 0.3) is 0 Å². The second-order valence-corrected chi connectivity index (χ2v) is 10.8. The van der Waals surface area contributed by atoms with E-state index in [4.69, 9.17) is 27.6 Å². The summed E-state index contributed by atoms with van der Waals surface area (Å²) in [6, 6.07) is 28.5. The minimum atomic E-state index is -10.7. The average Bonchev–Trinajstić information content (AvgIpc) is 3.25. The number of para-hydroxylation sites is 3. The number of ether oxygens (including phenoxy) is 1. The van der Waals surface area contributed by atoms with Crippen LogP contribution >= 0.6 is 16.4 Å². The first-order chi connectivity index (χ1) is 20.3. The van der Waals surface area contributed by atoms with Gasteiger partial charge in [-0.05, 0) is 36.4 Å². The van der Waals surface area contributed by atoms with Crippen LogP contribution in [0.2, 0.25) is 0 Å². The van der Waals surface area contributed by atoms with Gasteiger partial charge in [-0.25, -0.2) is 0 Å². The topological polar surface area (TPSA) is 76.7 Å². The molecular formula is C29H28F6FeO6P2. The second-order valence-electron chi connectivity index (χ2n) is 7.85. The maximum atomic E-state index is 9.87. The number of rotatable bonds is 8. The summed E-state index contributed by atoms with van der Waals surface area (Å²) in [5.74, 6) is 2.70. The van der Waals surface area contributed by atoms with Gasteiger partial charge in [-0.1, -0.05) is 54.6 Å². The Balaban J connectivity index is 0. The Bertz CT molecular complexity index is 1130. The molecule has 44 heavy (non-hydrogen) atoms. The minimum absolute atomic E-state index is 0. The van der Waals surface area contributed by atoms with Crippen molar-refractivity contribution >= 4 is 16.4 Å². The molecule has 0 amide bonds. The van der Waals surface area contributed by atoms with Crippen LogP contribution in [0.1, 0.15) is 6.42 Å². The number of benzene rings is 3. The summed E-state index contributed by atoms with van der Waals surface area (Å²) in [7, 11) is -10.5. The van der Waals surface area contributed by atoms with Crippen molar-refractivity contribution in [2.75, 3.05) is 13.7 Å². The molecule has 0 fully saturated rings. The molecule has 15 heteroatoms. The quantitative estimate of drug-likeness (QED) is 0.0769. The second kappa shape index (κ2) is 21.5. The summed E-state index contributed by atoms with van der Waals surface area (Å²) in [6.45, 7) is 9.83. The summed E-state index contributed by atoms with van der Waals surface area (Å²) < 4.78 is 96.8. The minimum Gasteiger partial charge on any atom is -0.409 e. The van der Waals surface area contributed by atoms with Crippen LogP contribution in [0, 0.1) is 25.6 Å². The Morgan fingerprint density at radius 2 is 1.05 bits per heavy atom. The number of hydrogen-bond acceptors (Lipinski definition) is 4. The molecule has 0 spiro atoms. The molecule has 1 atom stereocenters. The molecule has 0 aromatic heterocycles. The SMILES string of the molecule is COCC1C=C[CH+]C=CC1.F[P-](F)(F)(F)(F)F.[C-]#[O+].[C-]#[O+].[Fe].c1ccc(OP(Oc2ccccc2)Oc2ccccc2)cc1. The van der Waals surface area contributed by atoms with Crippen molar-refractivity contribution in [1.82, 2.24) is 0 Å². The number of allylic oxidation sites excluding steroid dienone is 3. The maximum absolute atomic E-state index is 10.7. The van der Waals surface area contributed by atoms with E-state index in [0.717, 1.165) is 13.0 Å². The number of halogens is 6. The van der Waals surface area contributed by atoms with Crippen molar-refractivity contribution in [1.29, 1.82) is 0 Å². The van der Waals surface area contributed by atoms with Gasteiger partial charge in [0.2, 0.25) is 0 Å². The van der Waals surface area contributed by atoms with E-state index in [1.165, 1.54) is 0 Å². The van der Waals surface area contributed by atoms with Gasteiger partial charge in [0.1, 0.15) is 17.2 Å². The molecule has 0 bridgehead atoms. The number of methoxy groups -OCH3 is 1. The van der Waals surface area contributed by atoms with E-state index >= 15 is 0 Å². The molecule has 0 saturated heterocycles.